The summed E-state index contributed by atoms with van der Waals surface area (Å²) >= 11 is 0. The van der Waals surface area contributed by atoms with Crippen LogP contribution in [0.5, 0.6) is 11.5 Å². The Morgan fingerprint density at radius 1 is 1.15 bits per heavy atom. The summed E-state index contributed by atoms with van der Waals surface area (Å²) in [7, 11) is 1.28. The number of nitrogens with zero attached hydrogens (tertiary/aromatic N) is 3. The number of fused-ring (bicyclic) bond motifs is 1. The number of methoxy groups -OCH3 is 1. The van der Waals surface area contributed by atoms with Crippen molar-refractivity contribution in [3.05, 3.63) is 106 Å². The van der Waals surface area contributed by atoms with Crippen LogP contribution in [0, 0.1) is 11.3 Å². The highest BCUT2D eigenvalue weighted by Crippen LogP contribution is 2.35. The van der Waals surface area contributed by atoms with E-state index in [1.54, 1.807) is 43.5 Å². The number of hydrogen-bond donors (Lipinski definition) is 4. The number of rotatable bonds is 12. The van der Waals surface area contributed by atoms with Crippen LogP contribution in [-0.2, 0) is 16.1 Å². The smallest absolute Gasteiger partial charge is 0.337 e. The molecule has 1 aliphatic heterocycles. The van der Waals surface area contributed by atoms with Gasteiger partial charge in [-0.15, -0.1) is 0 Å². The van der Waals surface area contributed by atoms with E-state index in [1.165, 1.54) is 7.11 Å². The predicted octanol–water partition coefficient (Wildman–Crippen LogP) is 4.08. The normalized spacial score (nSPS) is 15.2. The summed E-state index contributed by atoms with van der Waals surface area (Å²) in [5.74, 6) is 0.168. The summed E-state index contributed by atoms with van der Waals surface area (Å²) in [6, 6.07) is 21.4. The molecule has 12 nitrogen and oxygen atoms in total. The Bertz CT molecular complexity index is 1840. The van der Waals surface area contributed by atoms with Crippen molar-refractivity contribution in [3.8, 4) is 17.6 Å². The number of allylic oxidation sites excluding steroid dienone is 1. The van der Waals surface area contributed by atoms with Gasteiger partial charge in [0, 0.05) is 34.9 Å². The number of aliphatic hydroxyl groups excluding tert-OH is 1. The van der Waals surface area contributed by atoms with E-state index in [9.17, 15) is 14.7 Å². The fourth-order valence-electron chi connectivity index (χ4n) is 5.21. The molecule has 0 bridgehead atoms. The summed E-state index contributed by atoms with van der Waals surface area (Å²) in [5.41, 5.74) is 7.51. The Morgan fingerprint density at radius 3 is 2.67 bits per heavy atom. The number of para-hydroxylation sites is 1. The lowest BCUT2D eigenvalue weighted by Gasteiger charge is -2.28. The highest BCUT2D eigenvalue weighted by atomic mass is 16.5. The molecule has 4 N–H and O–H groups in total. The van der Waals surface area contributed by atoms with Crippen LogP contribution in [0.25, 0.3) is 10.9 Å². The van der Waals surface area contributed by atoms with Crippen molar-refractivity contribution in [2.45, 2.75) is 32.7 Å². The van der Waals surface area contributed by atoms with Crippen LogP contribution >= 0.6 is 0 Å². The van der Waals surface area contributed by atoms with Crippen molar-refractivity contribution in [2.24, 2.45) is 5.10 Å². The number of carbonyl (C=O) groups excluding carboxylic acids is 2. The maximum atomic E-state index is 12.5. The zero-order valence-electron chi connectivity index (χ0n) is 25.6. The number of hydrazone groups is 1. The number of hydrogen-bond acceptors (Lipinski definition) is 9. The Labute approximate surface area is 265 Å². The molecule has 3 aromatic carbocycles. The maximum absolute atomic E-state index is 12.5. The van der Waals surface area contributed by atoms with Gasteiger partial charge in [0.05, 0.1) is 43.2 Å². The molecule has 2 amide bonds. The van der Waals surface area contributed by atoms with Gasteiger partial charge in [0.15, 0.2) is 17.7 Å². The molecule has 0 radical (unpaired) electrons. The van der Waals surface area contributed by atoms with Crippen LogP contribution in [0.2, 0.25) is 0 Å². The molecule has 0 aliphatic carbocycles. The van der Waals surface area contributed by atoms with Gasteiger partial charge in [-0.05, 0) is 55.3 Å². The molecule has 0 saturated heterocycles. The van der Waals surface area contributed by atoms with Crippen LogP contribution in [0.3, 0.4) is 0 Å². The number of aromatic nitrogens is 1. The minimum Gasteiger partial charge on any atom is -0.490 e. The van der Waals surface area contributed by atoms with Crippen molar-refractivity contribution < 1.29 is 28.9 Å². The summed E-state index contributed by atoms with van der Waals surface area (Å²) in [4.78, 5) is 24.7. The fraction of sp³-hybridized carbons (Fsp3) is 0.235. The molecular weight excluding hydrogens is 588 g/mol. The van der Waals surface area contributed by atoms with Crippen LogP contribution in [0.4, 0.5) is 4.79 Å². The Hall–Kier alpha value is -5.80. The van der Waals surface area contributed by atoms with E-state index >= 15 is 0 Å². The molecule has 1 aliphatic rings. The first-order valence-electron chi connectivity index (χ1n) is 14.6. The third kappa shape index (κ3) is 7.11. The first-order valence-corrected chi connectivity index (χ1v) is 14.6. The number of aliphatic hydroxyl groups is 1. The SMILES string of the molecule is CCOc1cc([C@@H]2NC(=O)NC(C)=C2C(=O)OC)ccc1OC[C@@H](O)N/N=C/c1cn(Cc2ccc(C#N)cc2)c2ccccc12. The Balaban J connectivity index is 1.25. The number of urea groups is 1. The van der Waals surface area contributed by atoms with E-state index in [4.69, 9.17) is 19.5 Å². The average molecular weight is 623 g/mol. The minimum atomic E-state index is -1.14. The molecule has 2 heterocycles. The zero-order chi connectivity index (χ0) is 32.6. The second-order valence-corrected chi connectivity index (χ2v) is 10.5. The standard InChI is InChI=1S/C34H34N6O6/c1-4-45-29-15-24(32-31(33(42)44-3)21(2)37-34(43)38-32)13-14-28(29)46-20-30(41)39-36-17-25-19-40(27-8-6-5-7-26(25)27)18-23-11-9-22(16-35)10-12-23/h5-15,17,19,30,32,39,41H,4,18,20H2,1-3H3,(H2,37,38,43)/b36-17+/t30-,32+/m1/s1. The number of amides is 2. The quantitative estimate of drug-likeness (QED) is 0.0796. The molecule has 0 unspecified atom stereocenters. The van der Waals surface area contributed by atoms with Gasteiger partial charge in [0.2, 0.25) is 0 Å². The summed E-state index contributed by atoms with van der Waals surface area (Å²) in [5, 5.41) is 30.2. The third-order valence-corrected chi connectivity index (χ3v) is 7.35. The molecule has 0 spiro atoms. The lowest BCUT2D eigenvalue weighted by atomic mass is 9.95. The van der Waals surface area contributed by atoms with Crippen LogP contribution < -0.4 is 25.5 Å². The number of esters is 1. The number of nitriles is 1. The number of ether oxygens (including phenoxy) is 3. The molecule has 5 rings (SSSR count). The van der Waals surface area contributed by atoms with Gasteiger partial charge in [-0.3, -0.25) is 5.43 Å². The lowest BCUT2D eigenvalue weighted by molar-refractivity contribution is -0.136. The monoisotopic (exact) mass is 622 g/mol. The molecule has 2 atom stereocenters. The largest absolute Gasteiger partial charge is 0.490 e. The highest BCUT2D eigenvalue weighted by Gasteiger charge is 2.32. The average Bonchev–Trinajstić information content (AvgIpc) is 3.40. The van der Waals surface area contributed by atoms with Crippen LogP contribution in [-0.4, -0.2) is 54.4 Å². The second kappa shape index (κ2) is 14.3. The first kappa shape index (κ1) is 31.6. The number of carbonyl (C=O) groups is 2. The van der Waals surface area contributed by atoms with Crippen molar-refractivity contribution in [1.29, 1.82) is 5.26 Å². The van der Waals surface area contributed by atoms with Gasteiger partial charge in [0.25, 0.3) is 0 Å². The van der Waals surface area contributed by atoms with Gasteiger partial charge >= 0.3 is 12.0 Å². The molecule has 0 fully saturated rings. The number of nitrogens with one attached hydrogen (secondary N) is 3. The molecule has 1 aromatic heterocycles. The van der Waals surface area contributed by atoms with Crippen LogP contribution in [0.1, 0.15) is 42.1 Å². The van der Waals surface area contributed by atoms with Crippen molar-refractivity contribution in [3.63, 3.8) is 0 Å². The lowest BCUT2D eigenvalue weighted by Crippen LogP contribution is -2.45. The van der Waals surface area contributed by atoms with Gasteiger partial charge < -0.3 is 34.5 Å². The Kier molecular flexibility index (Phi) is 9.84. The maximum Gasteiger partial charge on any atom is 0.337 e. The molecule has 12 heteroatoms. The van der Waals surface area contributed by atoms with Crippen molar-refractivity contribution in [1.82, 2.24) is 20.6 Å². The van der Waals surface area contributed by atoms with Gasteiger partial charge in [-0.2, -0.15) is 10.4 Å². The fourth-order valence-corrected chi connectivity index (χ4v) is 5.21. The van der Waals surface area contributed by atoms with Gasteiger partial charge in [-0.25, -0.2) is 9.59 Å². The van der Waals surface area contributed by atoms with Gasteiger partial charge in [-0.1, -0.05) is 36.4 Å². The van der Waals surface area contributed by atoms with E-state index < -0.39 is 24.3 Å². The highest BCUT2D eigenvalue weighted by molar-refractivity contribution is 5.99. The summed E-state index contributed by atoms with van der Waals surface area (Å²) in [6.07, 6.45) is 2.49. The zero-order valence-corrected chi connectivity index (χ0v) is 25.6. The minimum absolute atomic E-state index is 0.145. The van der Waals surface area contributed by atoms with E-state index in [1.807, 2.05) is 49.5 Å². The predicted molar refractivity (Wildman–Crippen MR) is 171 cm³/mol. The molecule has 236 valence electrons. The van der Waals surface area contributed by atoms with E-state index in [0.29, 0.717) is 41.5 Å². The summed E-state index contributed by atoms with van der Waals surface area (Å²) in [6.45, 7) is 4.26. The Morgan fingerprint density at radius 2 is 1.93 bits per heavy atom. The third-order valence-electron chi connectivity index (χ3n) is 7.35. The molecule has 4 aromatic rings. The molecular formula is C34H34N6O6. The summed E-state index contributed by atoms with van der Waals surface area (Å²) < 4.78 is 18.7. The van der Waals surface area contributed by atoms with Gasteiger partial charge in [0.1, 0.15) is 6.61 Å². The number of benzene rings is 3. The van der Waals surface area contributed by atoms with Crippen LogP contribution in [0.15, 0.2) is 89.3 Å². The van der Waals surface area contributed by atoms with Crippen molar-refractivity contribution >= 4 is 29.1 Å². The topological polar surface area (TPSA) is 159 Å². The van der Waals surface area contributed by atoms with E-state index in [-0.39, 0.29) is 12.2 Å². The first-order chi connectivity index (χ1) is 22.3. The van der Waals surface area contributed by atoms with Crippen molar-refractivity contribution in [2.75, 3.05) is 20.3 Å². The molecule has 46 heavy (non-hydrogen) atoms. The van der Waals surface area contributed by atoms with E-state index in [2.05, 4.69) is 31.8 Å². The molecule has 0 saturated carbocycles. The van der Waals surface area contributed by atoms with E-state index in [0.717, 1.165) is 22.0 Å². The second-order valence-electron chi connectivity index (χ2n) is 10.5.